The van der Waals surface area contributed by atoms with Crippen molar-refractivity contribution in [2.24, 2.45) is 0 Å². The number of methoxy groups -OCH3 is 1. The van der Waals surface area contributed by atoms with Crippen molar-refractivity contribution < 1.29 is 24.0 Å². The summed E-state index contributed by atoms with van der Waals surface area (Å²) >= 11 is 5.22. The molecule has 0 atom stereocenters. The van der Waals surface area contributed by atoms with Crippen molar-refractivity contribution in [2.45, 2.75) is 6.61 Å². The number of imide groups is 1. The number of thioether (sulfide) groups is 1. The number of halogens is 2. The van der Waals surface area contributed by atoms with Gasteiger partial charge in [-0.1, -0.05) is 0 Å². The summed E-state index contributed by atoms with van der Waals surface area (Å²) < 4.78 is 12.6. The van der Waals surface area contributed by atoms with E-state index >= 15 is 0 Å². The number of amides is 2. The minimum atomic E-state index is -0.443. The zero-order chi connectivity index (χ0) is 22.5. The molecule has 0 unspecified atom stereocenters. The van der Waals surface area contributed by atoms with Crippen LogP contribution < -0.4 is 4.74 Å². The predicted octanol–water partition coefficient (Wildman–Crippen LogP) is 5.07. The molecule has 0 aliphatic carbocycles. The molecule has 0 bridgehead atoms. The van der Waals surface area contributed by atoms with Gasteiger partial charge in [-0.2, -0.15) is 0 Å². The summed E-state index contributed by atoms with van der Waals surface area (Å²) in [6, 6.07) is 9.95. The first-order valence-corrected chi connectivity index (χ1v) is 11.9. The second-order valence-electron chi connectivity index (χ2n) is 6.35. The first kappa shape index (κ1) is 23.9. The number of nitrogens with zero attached hydrogens (tertiary/aromatic N) is 2. The van der Waals surface area contributed by atoms with Gasteiger partial charge in [0.2, 0.25) is 0 Å². The molecule has 162 valence electrons. The molecule has 1 heterocycles. The summed E-state index contributed by atoms with van der Waals surface area (Å²) in [6.07, 6.45) is 1.70. The lowest BCUT2D eigenvalue weighted by molar-refractivity contribution is -0.384. The number of rotatable bonds is 8. The van der Waals surface area contributed by atoms with Crippen molar-refractivity contribution in [3.63, 3.8) is 0 Å². The first-order chi connectivity index (χ1) is 14.8. The van der Waals surface area contributed by atoms with E-state index in [1.807, 2.05) is 12.1 Å². The highest BCUT2D eigenvalue weighted by Crippen LogP contribution is 2.35. The predicted molar refractivity (Wildman–Crippen MR) is 134 cm³/mol. The summed E-state index contributed by atoms with van der Waals surface area (Å²) in [5.74, 6) is 0.362. The van der Waals surface area contributed by atoms with Crippen molar-refractivity contribution in [2.75, 3.05) is 20.3 Å². The fourth-order valence-electron chi connectivity index (χ4n) is 2.70. The van der Waals surface area contributed by atoms with Crippen molar-refractivity contribution in [1.29, 1.82) is 0 Å². The zero-order valence-corrected chi connectivity index (χ0v) is 21.3. The fourth-order valence-corrected chi connectivity index (χ4v) is 5.69. The molecule has 2 amide bonds. The van der Waals surface area contributed by atoms with Crippen LogP contribution in [0, 0.1) is 17.3 Å². The van der Waals surface area contributed by atoms with Crippen LogP contribution in [0.2, 0.25) is 0 Å². The van der Waals surface area contributed by atoms with Crippen LogP contribution in [0.3, 0.4) is 0 Å². The van der Waals surface area contributed by atoms with Crippen LogP contribution in [0.1, 0.15) is 11.1 Å². The minimum Gasteiger partial charge on any atom is -0.487 e. The molecule has 3 rings (SSSR count). The first-order valence-electron chi connectivity index (χ1n) is 8.89. The fraction of sp³-hybridized carbons (Fsp3) is 0.200. The molecule has 0 radical (unpaired) electrons. The molecule has 1 aliphatic rings. The minimum absolute atomic E-state index is 0.0314. The Balaban J connectivity index is 1.73. The van der Waals surface area contributed by atoms with Gasteiger partial charge in [-0.15, -0.1) is 0 Å². The monoisotopic (exact) mass is 666 g/mol. The maximum Gasteiger partial charge on any atom is 0.293 e. The largest absolute Gasteiger partial charge is 0.487 e. The number of carbonyl (C=O) groups is 2. The molecule has 0 aromatic heterocycles. The average Bonchev–Trinajstić information content (AvgIpc) is 2.98. The van der Waals surface area contributed by atoms with E-state index in [1.165, 1.54) is 24.1 Å². The van der Waals surface area contributed by atoms with E-state index < -0.39 is 4.92 Å². The summed E-state index contributed by atoms with van der Waals surface area (Å²) in [4.78, 5) is 36.4. The van der Waals surface area contributed by atoms with Gasteiger partial charge in [0.25, 0.3) is 16.8 Å². The van der Waals surface area contributed by atoms with Gasteiger partial charge < -0.3 is 9.47 Å². The van der Waals surface area contributed by atoms with Gasteiger partial charge in [0.05, 0.1) is 30.1 Å². The average molecular weight is 666 g/mol. The van der Waals surface area contributed by atoms with E-state index in [2.05, 4.69) is 45.2 Å². The maximum absolute atomic E-state index is 12.5. The Morgan fingerprint density at radius 2 is 1.81 bits per heavy atom. The Hall–Kier alpha value is -1.71. The lowest BCUT2D eigenvalue weighted by Gasteiger charge is -2.12. The van der Waals surface area contributed by atoms with Gasteiger partial charge >= 0.3 is 0 Å². The number of benzene rings is 2. The molecule has 2 aromatic carbocycles. The highest BCUT2D eigenvalue weighted by Gasteiger charge is 2.34. The Morgan fingerprint density at radius 3 is 2.39 bits per heavy atom. The number of non-ortho nitro benzene ring substituents is 1. The van der Waals surface area contributed by atoms with E-state index in [1.54, 1.807) is 18.2 Å². The molecule has 11 heteroatoms. The molecule has 1 aliphatic heterocycles. The molecule has 0 saturated carbocycles. The summed E-state index contributed by atoms with van der Waals surface area (Å²) in [7, 11) is 1.52. The van der Waals surface area contributed by atoms with E-state index in [4.69, 9.17) is 9.47 Å². The second-order valence-corrected chi connectivity index (χ2v) is 9.67. The van der Waals surface area contributed by atoms with E-state index in [0.29, 0.717) is 17.3 Å². The molecular weight excluding hydrogens is 650 g/mol. The van der Waals surface area contributed by atoms with Crippen LogP contribution in [-0.4, -0.2) is 41.2 Å². The Labute approximate surface area is 209 Å². The van der Waals surface area contributed by atoms with Crippen LogP contribution in [0.5, 0.6) is 5.75 Å². The summed E-state index contributed by atoms with van der Waals surface area (Å²) in [6.45, 7) is 0.784. The molecule has 1 saturated heterocycles. The molecule has 31 heavy (non-hydrogen) atoms. The van der Waals surface area contributed by atoms with Crippen molar-refractivity contribution >= 4 is 79.9 Å². The highest BCUT2D eigenvalue weighted by atomic mass is 127. The Morgan fingerprint density at radius 1 is 1.16 bits per heavy atom. The number of nitro benzene ring substituents is 1. The zero-order valence-electron chi connectivity index (χ0n) is 16.2. The van der Waals surface area contributed by atoms with E-state index in [9.17, 15) is 19.7 Å². The van der Waals surface area contributed by atoms with Crippen LogP contribution in [0.15, 0.2) is 41.3 Å². The normalized spacial score (nSPS) is 15.1. The van der Waals surface area contributed by atoms with E-state index in [0.717, 1.165) is 30.0 Å². The number of ether oxygens (including phenoxy) is 2. The van der Waals surface area contributed by atoms with Crippen LogP contribution in [-0.2, 0) is 16.1 Å². The van der Waals surface area contributed by atoms with Crippen LogP contribution in [0.25, 0.3) is 6.08 Å². The lowest BCUT2D eigenvalue weighted by atomic mass is 10.2. The smallest absolute Gasteiger partial charge is 0.293 e. The van der Waals surface area contributed by atoms with Gasteiger partial charge in [-0.05, 0) is 98.4 Å². The summed E-state index contributed by atoms with van der Waals surface area (Å²) in [5.41, 5.74) is 1.63. The third-order valence-corrected chi connectivity index (χ3v) is 6.75. The summed E-state index contributed by atoms with van der Waals surface area (Å²) in [5, 5.41) is 10.5. The third kappa shape index (κ3) is 5.96. The number of carbonyl (C=O) groups excluding carboxylic acids is 2. The standard InChI is InChI=1S/C20H16I2N2O6S/c1-29-7-6-23-19(25)17(31-20(23)26)10-13-8-15(21)18(16(22)9-13)30-11-12-2-4-14(5-3-12)24(27)28/h2-5,8-10H,6-7,11H2,1H3/b17-10+. The van der Waals surface area contributed by atoms with Crippen molar-refractivity contribution in [3.8, 4) is 5.75 Å². The molecule has 2 aromatic rings. The van der Waals surface area contributed by atoms with Crippen LogP contribution >= 0.6 is 56.9 Å². The topological polar surface area (TPSA) is 99.0 Å². The quantitative estimate of drug-likeness (QED) is 0.168. The molecule has 1 fully saturated rings. The van der Waals surface area contributed by atoms with Crippen molar-refractivity contribution in [1.82, 2.24) is 4.90 Å². The maximum atomic E-state index is 12.5. The van der Waals surface area contributed by atoms with Gasteiger partial charge in [0, 0.05) is 19.2 Å². The third-order valence-electron chi connectivity index (χ3n) is 4.24. The molecular formula is C20H16I2N2O6S. The van der Waals surface area contributed by atoms with Gasteiger partial charge in [-0.25, -0.2) is 0 Å². The second kappa shape index (κ2) is 10.7. The highest BCUT2D eigenvalue weighted by molar-refractivity contribution is 14.1. The Bertz CT molecular complexity index is 1040. The molecule has 0 N–H and O–H groups in total. The number of hydrogen-bond acceptors (Lipinski definition) is 7. The number of nitro groups is 1. The van der Waals surface area contributed by atoms with Crippen molar-refractivity contribution in [3.05, 3.63) is 69.7 Å². The van der Waals surface area contributed by atoms with Gasteiger partial charge in [-0.3, -0.25) is 24.6 Å². The van der Waals surface area contributed by atoms with E-state index in [-0.39, 0.29) is 30.0 Å². The molecule has 8 nitrogen and oxygen atoms in total. The Kier molecular flexibility index (Phi) is 8.30. The van der Waals surface area contributed by atoms with Gasteiger partial charge in [0.15, 0.2) is 0 Å². The number of hydrogen-bond donors (Lipinski definition) is 0. The molecule has 0 spiro atoms. The lowest BCUT2D eigenvalue weighted by Crippen LogP contribution is -2.31. The van der Waals surface area contributed by atoms with Crippen LogP contribution in [0.4, 0.5) is 10.5 Å². The SMILES string of the molecule is COCCN1C(=O)S/C(=C/c2cc(I)c(OCc3ccc([N+](=O)[O-])cc3)c(I)c2)C1=O. The van der Waals surface area contributed by atoms with Gasteiger partial charge in [0.1, 0.15) is 12.4 Å².